The number of benzene rings is 2. The number of rotatable bonds is 10. The number of hydrogen-bond acceptors (Lipinski definition) is 8. The highest BCUT2D eigenvalue weighted by Crippen LogP contribution is 2.34. The summed E-state index contributed by atoms with van der Waals surface area (Å²) in [7, 11) is 3.07. The lowest BCUT2D eigenvalue weighted by atomic mass is 10.0. The maximum atomic E-state index is 14.0. The number of anilines is 2. The van der Waals surface area contributed by atoms with Crippen molar-refractivity contribution in [1.29, 1.82) is 0 Å². The van der Waals surface area contributed by atoms with Crippen LogP contribution in [0.5, 0.6) is 5.75 Å². The third-order valence-electron chi connectivity index (χ3n) is 5.40. The van der Waals surface area contributed by atoms with Gasteiger partial charge in [-0.3, -0.25) is 19.3 Å². The highest BCUT2D eigenvalue weighted by atomic mass is 32.1. The van der Waals surface area contributed by atoms with Gasteiger partial charge in [-0.25, -0.2) is 0 Å². The van der Waals surface area contributed by atoms with E-state index in [0.717, 1.165) is 22.7 Å². The summed E-state index contributed by atoms with van der Waals surface area (Å²) in [5, 5.41) is 2.83. The number of aryl methyl sites for hydroxylation is 2. The first-order valence-electron chi connectivity index (χ1n) is 11.0. The molecule has 190 valence electrons. The van der Waals surface area contributed by atoms with Crippen molar-refractivity contribution in [1.82, 2.24) is 9.69 Å². The topological polar surface area (TPSA) is 150 Å². The van der Waals surface area contributed by atoms with Crippen LogP contribution < -0.4 is 26.4 Å². The molecule has 1 unspecified atom stereocenters. The van der Waals surface area contributed by atoms with Crippen molar-refractivity contribution in [2.24, 2.45) is 5.73 Å². The number of carbonyl (C=O) groups is 3. The molecule has 0 fully saturated rings. The van der Waals surface area contributed by atoms with E-state index in [0.29, 0.717) is 23.6 Å². The zero-order chi connectivity index (χ0) is 26.4. The largest absolute Gasteiger partial charge is 0.497 e. The fraction of sp³-hybridized carbons (Fsp3) is 0.280. The molecule has 3 aromatic rings. The number of nitrogens with two attached hydrogens (primary N) is 2. The summed E-state index contributed by atoms with van der Waals surface area (Å²) in [6, 6.07) is 11.3. The second-order valence-corrected chi connectivity index (χ2v) is 8.89. The summed E-state index contributed by atoms with van der Waals surface area (Å²) in [6.45, 7) is 4.33. The zero-order valence-electron chi connectivity index (χ0n) is 20.5. The Bertz CT molecular complexity index is 1240. The van der Waals surface area contributed by atoms with Crippen LogP contribution in [-0.4, -0.2) is 49.5 Å². The Labute approximate surface area is 213 Å². The van der Waals surface area contributed by atoms with Gasteiger partial charge >= 0.3 is 0 Å². The van der Waals surface area contributed by atoms with Crippen molar-refractivity contribution in [3.8, 4) is 5.75 Å². The Hall–Kier alpha value is -3.96. The summed E-state index contributed by atoms with van der Waals surface area (Å²) in [5.74, 6) is -1.27. The zero-order valence-corrected chi connectivity index (χ0v) is 21.3. The second-order valence-electron chi connectivity index (χ2n) is 8.12. The molecular formula is C25H29N5O5S. The van der Waals surface area contributed by atoms with E-state index in [-0.39, 0.29) is 22.8 Å². The number of aromatic nitrogens is 1. The standard InChI is InChI=1S/C25H29N5O5S/c1-14-11-15(2)13-17(12-14)30(25(33)22-19(26)20(23(27)31)29-36-22)21(24(32)28-9-10-34-3)16-5-7-18(35-4)8-6-16/h5-8,11-13,21H,9-10,26H2,1-4H3,(H2,27,31)(H,28,32). The number of hydrogen-bond donors (Lipinski definition) is 3. The summed E-state index contributed by atoms with van der Waals surface area (Å²) >= 11 is 0.757. The summed E-state index contributed by atoms with van der Waals surface area (Å²) < 4.78 is 14.3. The van der Waals surface area contributed by atoms with Crippen molar-refractivity contribution in [2.75, 3.05) is 38.0 Å². The molecule has 36 heavy (non-hydrogen) atoms. The van der Waals surface area contributed by atoms with Gasteiger partial charge in [-0.2, -0.15) is 4.37 Å². The summed E-state index contributed by atoms with van der Waals surface area (Å²) in [6.07, 6.45) is 0. The molecule has 0 spiro atoms. The highest BCUT2D eigenvalue weighted by molar-refractivity contribution is 7.09. The lowest BCUT2D eigenvalue weighted by Crippen LogP contribution is -2.44. The summed E-state index contributed by atoms with van der Waals surface area (Å²) in [5.41, 5.74) is 14.0. The Morgan fingerprint density at radius 2 is 1.72 bits per heavy atom. The fourth-order valence-corrected chi connectivity index (χ4v) is 4.53. The minimum absolute atomic E-state index is 0.00571. The van der Waals surface area contributed by atoms with E-state index in [2.05, 4.69) is 9.69 Å². The Kier molecular flexibility index (Phi) is 8.62. The van der Waals surface area contributed by atoms with Gasteiger partial charge in [-0.1, -0.05) is 18.2 Å². The van der Waals surface area contributed by atoms with Gasteiger partial charge in [0.05, 0.1) is 19.4 Å². The van der Waals surface area contributed by atoms with Crippen molar-refractivity contribution >= 4 is 40.6 Å². The normalized spacial score (nSPS) is 11.6. The molecule has 5 N–H and O–H groups in total. The first-order valence-corrected chi connectivity index (χ1v) is 11.8. The van der Waals surface area contributed by atoms with Gasteiger partial charge in [0.25, 0.3) is 11.8 Å². The maximum Gasteiger partial charge on any atom is 0.273 e. The number of methoxy groups -OCH3 is 2. The van der Waals surface area contributed by atoms with Crippen LogP contribution in [0.25, 0.3) is 0 Å². The molecule has 1 atom stereocenters. The van der Waals surface area contributed by atoms with Crippen molar-refractivity contribution in [2.45, 2.75) is 19.9 Å². The average Bonchev–Trinajstić information content (AvgIpc) is 3.23. The SMILES string of the molecule is COCCNC(=O)C(c1ccc(OC)cc1)N(C(=O)c1snc(C(N)=O)c1N)c1cc(C)cc(C)c1. The second kappa shape index (κ2) is 11.6. The van der Waals surface area contributed by atoms with Gasteiger partial charge in [0, 0.05) is 19.3 Å². The van der Waals surface area contributed by atoms with Crippen molar-refractivity contribution in [3.05, 3.63) is 69.7 Å². The van der Waals surface area contributed by atoms with Gasteiger partial charge < -0.3 is 26.3 Å². The van der Waals surface area contributed by atoms with E-state index >= 15 is 0 Å². The lowest BCUT2D eigenvalue weighted by Gasteiger charge is -2.32. The quantitative estimate of drug-likeness (QED) is 0.354. The minimum Gasteiger partial charge on any atom is -0.497 e. The highest BCUT2D eigenvalue weighted by Gasteiger charge is 2.36. The van der Waals surface area contributed by atoms with Gasteiger partial charge in [0.1, 0.15) is 16.7 Å². The number of nitrogens with one attached hydrogen (secondary N) is 1. The van der Waals surface area contributed by atoms with Crippen LogP contribution >= 0.6 is 11.5 Å². The monoisotopic (exact) mass is 511 g/mol. The molecule has 0 aliphatic heterocycles. The van der Waals surface area contributed by atoms with E-state index in [1.54, 1.807) is 36.4 Å². The molecule has 0 aliphatic carbocycles. The Balaban J connectivity index is 2.21. The molecule has 3 rings (SSSR count). The van der Waals surface area contributed by atoms with Crippen LogP contribution in [0, 0.1) is 13.8 Å². The predicted molar refractivity (Wildman–Crippen MR) is 138 cm³/mol. The van der Waals surface area contributed by atoms with Gasteiger partial charge in [-0.15, -0.1) is 0 Å². The molecule has 0 radical (unpaired) electrons. The molecule has 0 aliphatic rings. The number of nitrogen functional groups attached to an aromatic ring is 1. The molecule has 2 aromatic carbocycles. The molecule has 10 nitrogen and oxygen atoms in total. The molecule has 0 saturated heterocycles. The Morgan fingerprint density at radius 1 is 1.08 bits per heavy atom. The molecule has 11 heteroatoms. The van der Waals surface area contributed by atoms with Crippen LogP contribution in [0.2, 0.25) is 0 Å². The number of primary amides is 1. The molecule has 0 saturated carbocycles. The Morgan fingerprint density at radius 3 is 2.25 bits per heavy atom. The van der Waals surface area contributed by atoms with Crippen LogP contribution in [-0.2, 0) is 9.53 Å². The third kappa shape index (κ3) is 5.81. The van der Waals surface area contributed by atoms with Crippen LogP contribution in [0.1, 0.15) is 42.9 Å². The fourth-order valence-electron chi connectivity index (χ4n) is 3.79. The van der Waals surface area contributed by atoms with E-state index in [1.807, 2.05) is 19.9 Å². The van der Waals surface area contributed by atoms with E-state index in [1.165, 1.54) is 19.1 Å². The van der Waals surface area contributed by atoms with Crippen molar-refractivity contribution < 1.29 is 23.9 Å². The number of nitrogens with zero attached hydrogens (tertiary/aromatic N) is 2. The molecule has 0 bridgehead atoms. The van der Waals surface area contributed by atoms with Gasteiger partial charge in [-0.05, 0) is 66.3 Å². The first kappa shape index (κ1) is 26.6. The lowest BCUT2D eigenvalue weighted by molar-refractivity contribution is -0.122. The van der Waals surface area contributed by atoms with Crippen LogP contribution in [0.3, 0.4) is 0 Å². The van der Waals surface area contributed by atoms with Gasteiger partial charge in [0.15, 0.2) is 5.69 Å². The van der Waals surface area contributed by atoms with Gasteiger partial charge in [0.2, 0.25) is 5.91 Å². The van der Waals surface area contributed by atoms with E-state index < -0.39 is 23.8 Å². The van der Waals surface area contributed by atoms with Crippen molar-refractivity contribution in [3.63, 3.8) is 0 Å². The van der Waals surface area contributed by atoms with Crippen LogP contribution in [0.4, 0.5) is 11.4 Å². The first-order chi connectivity index (χ1) is 17.2. The number of ether oxygens (including phenoxy) is 2. The minimum atomic E-state index is -1.08. The maximum absolute atomic E-state index is 14.0. The smallest absolute Gasteiger partial charge is 0.273 e. The molecule has 1 aromatic heterocycles. The van der Waals surface area contributed by atoms with Crippen LogP contribution in [0.15, 0.2) is 42.5 Å². The third-order valence-corrected chi connectivity index (χ3v) is 6.25. The summed E-state index contributed by atoms with van der Waals surface area (Å²) in [4.78, 5) is 40.7. The number of amides is 3. The predicted octanol–water partition coefficient (Wildman–Crippen LogP) is 2.60. The van der Waals surface area contributed by atoms with E-state index in [9.17, 15) is 14.4 Å². The average molecular weight is 512 g/mol. The molecular weight excluding hydrogens is 482 g/mol. The van der Waals surface area contributed by atoms with E-state index in [4.69, 9.17) is 20.9 Å². The molecule has 3 amide bonds. The number of carbonyl (C=O) groups excluding carboxylic acids is 3. The molecule has 1 heterocycles.